The van der Waals surface area contributed by atoms with Crippen LogP contribution in [0.4, 0.5) is 10.5 Å². The monoisotopic (exact) mass is 801 g/mol. The van der Waals surface area contributed by atoms with E-state index in [4.69, 9.17) is 23.1 Å². The molecule has 0 aliphatic carbocycles. The number of carbonyl (C=O) groups excluding carboxylic acids is 4. The number of amides is 4. The fourth-order valence-corrected chi connectivity index (χ4v) is 9.30. The van der Waals surface area contributed by atoms with Crippen LogP contribution in [0.25, 0.3) is 0 Å². The summed E-state index contributed by atoms with van der Waals surface area (Å²) in [6, 6.07) is 27.5. The molecule has 12 nitrogen and oxygen atoms in total. The average molecular weight is 802 g/mol. The van der Waals surface area contributed by atoms with E-state index in [1.165, 1.54) is 18.2 Å². The van der Waals surface area contributed by atoms with E-state index in [1.54, 1.807) is 92.7 Å². The van der Waals surface area contributed by atoms with Crippen molar-refractivity contribution in [2.45, 2.75) is 57.2 Å². The molecule has 0 aromatic heterocycles. The van der Waals surface area contributed by atoms with E-state index >= 15 is 0 Å². The molecule has 4 amide bonds. The molecule has 0 radical (unpaired) electrons. The second kappa shape index (κ2) is 17.4. The summed E-state index contributed by atoms with van der Waals surface area (Å²) in [5.74, 6) is -3.86. The number of halogens is 1. The van der Waals surface area contributed by atoms with Crippen LogP contribution in [-0.4, -0.2) is 82.5 Å². The van der Waals surface area contributed by atoms with Crippen LogP contribution >= 0.6 is 11.6 Å². The fourth-order valence-electron chi connectivity index (χ4n) is 7.52. The van der Waals surface area contributed by atoms with Crippen LogP contribution in [-0.2, 0) is 32.6 Å². The summed E-state index contributed by atoms with van der Waals surface area (Å²) in [6.07, 6.45) is -1.57. The first-order valence-corrected chi connectivity index (χ1v) is 20.2. The maximum atomic E-state index is 14.4. The first-order chi connectivity index (χ1) is 26.5. The van der Waals surface area contributed by atoms with Crippen LogP contribution in [0.5, 0.6) is 0 Å². The van der Waals surface area contributed by atoms with Gasteiger partial charge in [0.25, 0.3) is 5.91 Å². The average Bonchev–Trinajstić information content (AvgIpc) is 3.44. The Morgan fingerprint density at radius 3 is 2.00 bits per heavy atom. The molecule has 4 aromatic carbocycles. The first-order valence-electron chi connectivity index (χ1n) is 18.4. The Hall–Kier alpha value is -5.08. The Kier molecular flexibility index (Phi) is 13.1. The van der Waals surface area contributed by atoms with Crippen molar-refractivity contribution in [2.75, 3.05) is 25.4 Å². The molecule has 296 valence electrons. The lowest BCUT2D eigenvalue weighted by atomic mass is 9.68. The number of primary amides is 1. The van der Waals surface area contributed by atoms with Gasteiger partial charge in [-0.1, -0.05) is 124 Å². The number of aliphatic hydroxyl groups excluding tert-OH is 1. The predicted octanol–water partition coefficient (Wildman–Crippen LogP) is 5.36. The highest BCUT2D eigenvalue weighted by molar-refractivity contribution is 7.89. The van der Waals surface area contributed by atoms with E-state index in [9.17, 15) is 32.7 Å². The molecular formula is C42H48ClN5O7S. The number of urea groups is 1. The largest absolute Gasteiger partial charge is 0.397 e. The summed E-state index contributed by atoms with van der Waals surface area (Å²) in [5, 5.41) is 12.5. The molecule has 1 aliphatic rings. The normalized spacial score (nSPS) is 15.7. The number of hydrogen-bond acceptors (Lipinski definition) is 8. The van der Waals surface area contributed by atoms with Crippen molar-refractivity contribution < 1.29 is 32.7 Å². The van der Waals surface area contributed by atoms with Crippen LogP contribution in [0.2, 0.25) is 5.02 Å². The van der Waals surface area contributed by atoms with Gasteiger partial charge < -0.3 is 16.6 Å². The number of nitrogen functional groups attached to an aromatic ring is 1. The third kappa shape index (κ3) is 8.66. The molecule has 56 heavy (non-hydrogen) atoms. The number of benzene rings is 4. The fraction of sp³-hybridized carbons (Fsp3) is 0.333. The van der Waals surface area contributed by atoms with Crippen molar-refractivity contribution in [3.63, 3.8) is 0 Å². The topological polar surface area (TPSA) is 184 Å². The third-order valence-corrected chi connectivity index (χ3v) is 12.4. The highest BCUT2D eigenvalue weighted by Gasteiger charge is 2.59. The van der Waals surface area contributed by atoms with Crippen molar-refractivity contribution in [1.29, 1.82) is 0 Å². The zero-order chi connectivity index (χ0) is 40.9. The highest BCUT2D eigenvalue weighted by atomic mass is 35.5. The van der Waals surface area contributed by atoms with Gasteiger partial charge in [-0.3, -0.25) is 24.2 Å². The molecule has 0 spiro atoms. The Bertz CT molecular complexity index is 2170. The Morgan fingerprint density at radius 1 is 0.857 bits per heavy atom. The van der Waals surface area contributed by atoms with E-state index < -0.39 is 64.4 Å². The molecule has 5 N–H and O–H groups in total. The summed E-state index contributed by atoms with van der Waals surface area (Å²) in [5.41, 5.74) is 12.6. The van der Waals surface area contributed by atoms with E-state index in [2.05, 4.69) is 0 Å². The van der Waals surface area contributed by atoms with Crippen molar-refractivity contribution in [3.8, 4) is 0 Å². The minimum absolute atomic E-state index is 0.00145. The maximum Gasteiger partial charge on any atom is 0.328 e. The molecule has 1 fully saturated rings. The number of imide groups is 1. The lowest BCUT2D eigenvalue weighted by Crippen LogP contribution is -2.69. The predicted molar refractivity (Wildman–Crippen MR) is 215 cm³/mol. The molecule has 1 heterocycles. The minimum Gasteiger partial charge on any atom is -0.397 e. The SMILES string of the molecule is CC(C)CN(C[C@H](O)[C@@H](Cc1ccccc1)C(C(N)=O)(C(C)C)N1CC(=O)N(Cc2ccc(C(=O)c3ccccc3)cc2)C1=O)S(=O)(=O)c1ccc(Cl)c(N)c1. The van der Waals surface area contributed by atoms with Gasteiger partial charge in [-0.05, 0) is 47.6 Å². The third-order valence-electron chi connectivity index (χ3n) is 10.3. The summed E-state index contributed by atoms with van der Waals surface area (Å²) >= 11 is 6.10. The van der Waals surface area contributed by atoms with Crippen LogP contribution in [0.15, 0.2) is 108 Å². The number of aliphatic hydroxyl groups is 1. The van der Waals surface area contributed by atoms with Crippen LogP contribution in [0.3, 0.4) is 0 Å². The Labute approximate surface area is 333 Å². The van der Waals surface area contributed by atoms with Gasteiger partial charge in [0.1, 0.15) is 12.1 Å². The van der Waals surface area contributed by atoms with Gasteiger partial charge >= 0.3 is 6.03 Å². The molecule has 3 atom stereocenters. The van der Waals surface area contributed by atoms with E-state index in [-0.39, 0.29) is 46.8 Å². The molecule has 1 saturated heterocycles. The van der Waals surface area contributed by atoms with Crippen molar-refractivity contribution in [1.82, 2.24) is 14.1 Å². The van der Waals surface area contributed by atoms with Gasteiger partial charge in [-0.2, -0.15) is 4.31 Å². The van der Waals surface area contributed by atoms with Crippen molar-refractivity contribution in [3.05, 3.63) is 130 Å². The van der Waals surface area contributed by atoms with E-state index in [0.29, 0.717) is 22.3 Å². The quantitative estimate of drug-likeness (QED) is 0.0724. The number of anilines is 1. The highest BCUT2D eigenvalue weighted by Crippen LogP contribution is 2.41. The summed E-state index contributed by atoms with van der Waals surface area (Å²) in [7, 11) is -4.27. The minimum atomic E-state index is -4.27. The van der Waals surface area contributed by atoms with E-state index in [1.807, 2.05) is 19.9 Å². The lowest BCUT2D eigenvalue weighted by molar-refractivity contribution is -0.140. The van der Waals surface area contributed by atoms with Gasteiger partial charge in [0.15, 0.2) is 5.78 Å². The Morgan fingerprint density at radius 2 is 1.45 bits per heavy atom. The number of ketones is 1. The number of nitrogens with two attached hydrogens (primary N) is 2. The van der Waals surface area contributed by atoms with Crippen molar-refractivity contribution >= 4 is 50.9 Å². The molecule has 1 aliphatic heterocycles. The first kappa shape index (κ1) is 42.1. The van der Waals surface area contributed by atoms with Crippen LogP contribution in [0.1, 0.15) is 54.7 Å². The standard InChI is InChI=1S/C42H48ClN5O7S/c1-27(2)23-46(56(54,55)33-19-20-35(43)36(44)22-33)25-37(49)34(21-29-11-7-5-8-12-29)42(28(3)4,40(45)52)48-26-38(50)47(41(48)53)24-30-15-17-32(18-16-30)39(51)31-13-9-6-10-14-31/h5-20,22,27-28,34,37,49H,21,23-26,44H2,1-4H3,(H2,45,52)/t34-,37+,42?/m1/s1. The van der Waals surface area contributed by atoms with Gasteiger partial charge in [0.2, 0.25) is 15.9 Å². The summed E-state index contributed by atoms with van der Waals surface area (Å²) in [4.78, 5) is 57.2. The Balaban J connectivity index is 1.52. The number of sulfonamides is 1. The molecule has 1 unspecified atom stereocenters. The second-order valence-electron chi connectivity index (χ2n) is 14.8. The second-order valence-corrected chi connectivity index (χ2v) is 17.2. The van der Waals surface area contributed by atoms with Gasteiger partial charge in [0.05, 0.1) is 28.3 Å². The smallest absolute Gasteiger partial charge is 0.328 e. The maximum absolute atomic E-state index is 14.4. The van der Waals surface area contributed by atoms with Crippen LogP contribution < -0.4 is 11.5 Å². The zero-order valence-electron chi connectivity index (χ0n) is 31.8. The number of rotatable bonds is 17. The molecule has 14 heteroatoms. The molecule has 5 rings (SSSR count). The van der Waals surface area contributed by atoms with Crippen LogP contribution in [0, 0.1) is 17.8 Å². The number of carbonyl (C=O) groups is 4. The van der Waals surface area contributed by atoms with Gasteiger partial charge in [-0.15, -0.1) is 0 Å². The number of nitrogens with zero attached hydrogens (tertiary/aromatic N) is 3. The zero-order valence-corrected chi connectivity index (χ0v) is 33.4. The van der Waals surface area contributed by atoms with E-state index in [0.717, 1.165) is 14.1 Å². The summed E-state index contributed by atoms with van der Waals surface area (Å²) in [6.45, 7) is 5.86. The molecule has 4 aromatic rings. The molecule has 0 bridgehead atoms. The van der Waals surface area contributed by atoms with Crippen molar-refractivity contribution in [2.24, 2.45) is 23.5 Å². The van der Waals surface area contributed by atoms with Gasteiger partial charge in [0, 0.05) is 30.1 Å². The molecule has 0 saturated carbocycles. The lowest BCUT2D eigenvalue weighted by Gasteiger charge is -2.49. The summed E-state index contributed by atoms with van der Waals surface area (Å²) < 4.78 is 29.4. The number of hydrogen-bond donors (Lipinski definition) is 3. The van der Waals surface area contributed by atoms with Gasteiger partial charge in [-0.25, -0.2) is 13.2 Å². The molecular weight excluding hydrogens is 754 g/mol.